The van der Waals surface area contributed by atoms with Crippen LogP contribution in [0.4, 0.5) is 4.70 Å². The highest BCUT2D eigenvalue weighted by molar-refractivity contribution is 5.71. The van der Waals surface area contributed by atoms with E-state index in [0.29, 0.717) is 13.1 Å². The van der Waals surface area contributed by atoms with Crippen LogP contribution in [-0.4, -0.2) is 24.2 Å². The summed E-state index contributed by atoms with van der Waals surface area (Å²) in [4.78, 5) is 9.94. The van der Waals surface area contributed by atoms with E-state index in [2.05, 4.69) is 5.32 Å². The van der Waals surface area contributed by atoms with Crippen molar-refractivity contribution in [1.82, 2.24) is 5.32 Å². The fraction of sp³-hybridized carbons (Fsp3) is 0.750. The van der Waals surface area contributed by atoms with Crippen LogP contribution < -0.4 is 5.32 Å². The van der Waals surface area contributed by atoms with Gasteiger partial charge in [-0.05, 0) is 0 Å². The van der Waals surface area contributed by atoms with Gasteiger partial charge in [-0.2, -0.15) is 0 Å². The van der Waals surface area contributed by atoms with E-state index in [1.165, 1.54) is 0 Å². The monoisotopic (exact) mass is 121 g/mol. The van der Waals surface area contributed by atoms with Crippen LogP contribution in [0.2, 0.25) is 0 Å². The molecular weight excluding hydrogens is 113 g/mol. The molecule has 0 saturated carbocycles. The summed E-state index contributed by atoms with van der Waals surface area (Å²) in [5.41, 5.74) is 0. The molecule has 0 spiro atoms. The van der Waals surface area contributed by atoms with E-state index in [1.54, 1.807) is 0 Å². The molecule has 48 valence electrons. The van der Waals surface area contributed by atoms with Crippen molar-refractivity contribution >= 4 is 5.97 Å². The molecule has 2 N–H and O–H groups in total. The Morgan fingerprint density at radius 1 is 1.62 bits per heavy atom. The Bertz CT molecular complexity index is 92.0. The highest BCUT2D eigenvalue weighted by Gasteiger charge is 2.23. The molecular formula is C4H8FNO2. The van der Waals surface area contributed by atoms with Gasteiger partial charge in [0.05, 0.1) is 5.92 Å². The summed E-state index contributed by atoms with van der Waals surface area (Å²) in [5.74, 6) is -0.793. The molecule has 0 radical (unpaired) electrons. The van der Waals surface area contributed by atoms with E-state index < -0.39 is 5.97 Å². The van der Waals surface area contributed by atoms with Gasteiger partial charge in [-0.25, -0.2) is 0 Å². The van der Waals surface area contributed by atoms with Crippen molar-refractivity contribution in [3.05, 3.63) is 0 Å². The number of halogens is 1. The number of hydrogen-bond donors (Lipinski definition) is 2. The standard InChI is InChI=1S/C4H7NO2.FH/c6-4(7)3-1-5-2-3;/h3,5H,1-2H2,(H,6,7);1H. The lowest BCUT2D eigenvalue weighted by atomic mass is 10.1. The molecule has 0 aromatic rings. The lowest BCUT2D eigenvalue weighted by Crippen LogP contribution is -2.46. The van der Waals surface area contributed by atoms with Gasteiger partial charge in [0.1, 0.15) is 0 Å². The Morgan fingerprint density at radius 3 is 2.12 bits per heavy atom. The van der Waals surface area contributed by atoms with Gasteiger partial charge < -0.3 is 10.4 Å². The van der Waals surface area contributed by atoms with Crippen LogP contribution >= 0.6 is 0 Å². The molecule has 4 heteroatoms. The van der Waals surface area contributed by atoms with Gasteiger partial charge in [0.15, 0.2) is 0 Å². The fourth-order valence-electron chi connectivity index (χ4n) is 0.463. The Labute approximate surface area is 46.1 Å². The van der Waals surface area contributed by atoms with E-state index in [9.17, 15) is 4.79 Å². The summed E-state index contributed by atoms with van der Waals surface area (Å²) in [6, 6.07) is 0. The van der Waals surface area contributed by atoms with Crippen LogP contribution in [0.5, 0.6) is 0 Å². The number of carboxylic acid groups (broad SMARTS) is 1. The molecule has 1 heterocycles. The summed E-state index contributed by atoms with van der Waals surface area (Å²) < 4.78 is 0. The number of nitrogens with one attached hydrogen (secondary N) is 1. The lowest BCUT2D eigenvalue weighted by Gasteiger charge is -2.21. The Morgan fingerprint density at radius 2 is 2.12 bits per heavy atom. The zero-order chi connectivity index (χ0) is 5.28. The fourth-order valence-corrected chi connectivity index (χ4v) is 0.463. The lowest BCUT2D eigenvalue weighted by molar-refractivity contribution is -0.143. The van der Waals surface area contributed by atoms with Crippen molar-refractivity contribution in [2.75, 3.05) is 13.1 Å². The van der Waals surface area contributed by atoms with Crippen molar-refractivity contribution in [1.29, 1.82) is 0 Å². The smallest absolute Gasteiger partial charge is 0.309 e. The molecule has 0 unspecified atom stereocenters. The second kappa shape index (κ2) is 2.61. The second-order valence-corrected chi connectivity index (χ2v) is 1.69. The number of hydrogen-bond acceptors (Lipinski definition) is 2. The maximum Gasteiger partial charge on any atom is 0.309 e. The van der Waals surface area contributed by atoms with E-state index in [0.717, 1.165) is 0 Å². The van der Waals surface area contributed by atoms with E-state index in [-0.39, 0.29) is 10.6 Å². The molecule has 1 fully saturated rings. The zero-order valence-electron chi connectivity index (χ0n) is 4.26. The van der Waals surface area contributed by atoms with Crippen LogP contribution in [0.1, 0.15) is 0 Å². The van der Waals surface area contributed by atoms with Gasteiger partial charge in [-0.3, -0.25) is 9.50 Å². The predicted octanol–water partition coefficient (Wildman–Crippen LogP) is -0.557. The highest BCUT2D eigenvalue weighted by atomic mass is 19.0. The predicted molar refractivity (Wildman–Crippen MR) is 26.5 cm³/mol. The Balaban J connectivity index is 0.000000490. The van der Waals surface area contributed by atoms with Crippen LogP contribution in [0.25, 0.3) is 0 Å². The van der Waals surface area contributed by atoms with Gasteiger partial charge in [0.25, 0.3) is 0 Å². The van der Waals surface area contributed by atoms with Gasteiger partial charge in [0, 0.05) is 13.1 Å². The number of carbonyl (C=O) groups is 1. The molecule has 1 aliphatic rings. The van der Waals surface area contributed by atoms with Gasteiger partial charge in [-0.15, -0.1) is 0 Å². The third-order valence-corrected chi connectivity index (χ3v) is 1.13. The molecule has 3 nitrogen and oxygen atoms in total. The molecule has 0 atom stereocenters. The number of aliphatic carboxylic acids is 1. The van der Waals surface area contributed by atoms with Gasteiger partial charge >= 0.3 is 5.97 Å². The topological polar surface area (TPSA) is 49.3 Å². The second-order valence-electron chi connectivity index (χ2n) is 1.69. The first-order chi connectivity index (χ1) is 3.30. The van der Waals surface area contributed by atoms with Crippen molar-refractivity contribution in [2.45, 2.75) is 0 Å². The minimum atomic E-state index is -0.682. The normalized spacial score (nSPS) is 18.5. The van der Waals surface area contributed by atoms with Crippen LogP contribution in [0.3, 0.4) is 0 Å². The first kappa shape index (κ1) is 7.36. The van der Waals surface area contributed by atoms with Crippen LogP contribution in [-0.2, 0) is 4.79 Å². The highest BCUT2D eigenvalue weighted by Crippen LogP contribution is 2.00. The summed E-state index contributed by atoms with van der Waals surface area (Å²) in [5, 5.41) is 11.1. The third kappa shape index (κ3) is 1.16. The van der Waals surface area contributed by atoms with E-state index >= 15 is 0 Å². The Kier molecular flexibility index (Phi) is 2.41. The maximum atomic E-state index is 9.94. The van der Waals surface area contributed by atoms with Crippen LogP contribution in [0, 0.1) is 5.92 Å². The first-order valence-corrected chi connectivity index (χ1v) is 2.24. The van der Waals surface area contributed by atoms with E-state index in [1.807, 2.05) is 0 Å². The molecule has 0 aromatic carbocycles. The summed E-state index contributed by atoms with van der Waals surface area (Å²) in [7, 11) is 0. The molecule has 1 aliphatic heterocycles. The molecule has 0 bridgehead atoms. The summed E-state index contributed by atoms with van der Waals surface area (Å²) in [6.07, 6.45) is 0. The molecule has 0 amide bonds. The van der Waals surface area contributed by atoms with Crippen molar-refractivity contribution < 1.29 is 14.6 Å². The zero-order valence-corrected chi connectivity index (χ0v) is 4.26. The summed E-state index contributed by atoms with van der Waals surface area (Å²) in [6.45, 7) is 1.30. The van der Waals surface area contributed by atoms with Crippen molar-refractivity contribution in [3.63, 3.8) is 0 Å². The van der Waals surface area contributed by atoms with Gasteiger partial charge in [0.2, 0.25) is 0 Å². The first-order valence-electron chi connectivity index (χ1n) is 2.24. The third-order valence-electron chi connectivity index (χ3n) is 1.13. The number of rotatable bonds is 1. The van der Waals surface area contributed by atoms with Crippen molar-refractivity contribution in [2.24, 2.45) is 5.92 Å². The molecule has 0 aliphatic carbocycles. The SMILES string of the molecule is F.O=C(O)C1CNC1. The van der Waals surface area contributed by atoms with Crippen molar-refractivity contribution in [3.8, 4) is 0 Å². The minimum absolute atomic E-state index is 0. The quantitative estimate of drug-likeness (QED) is 0.489. The Hall–Kier alpha value is -0.640. The average Bonchev–Trinajstić information content (AvgIpc) is 1.23. The molecule has 0 aromatic heterocycles. The van der Waals surface area contributed by atoms with E-state index in [4.69, 9.17) is 5.11 Å². The average molecular weight is 121 g/mol. The molecule has 8 heavy (non-hydrogen) atoms. The summed E-state index contributed by atoms with van der Waals surface area (Å²) >= 11 is 0. The number of carboxylic acids is 1. The molecule has 1 saturated heterocycles. The largest absolute Gasteiger partial charge is 0.481 e. The maximum absolute atomic E-state index is 9.94. The van der Waals surface area contributed by atoms with Crippen LogP contribution in [0.15, 0.2) is 0 Å². The van der Waals surface area contributed by atoms with Gasteiger partial charge in [-0.1, -0.05) is 0 Å². The minimum Gasteiger partial charge on any atom is -0.481 e. The molecule has 1 rings (SSSR count).